The van der Waals surface area contributed by atoms with Crippen molar-refractivity contribution in [3.63, 3.8) is 0 Å². The molecule has 0 saturated heterocycles. The molecule has 0 aliphatic heterocycles. The van der Waals surface area contributed by atoms with Gasteiger partial charge < -0.3 is 4.74 Å². The monoisotopic (exact) mass is 321 g/mol. The van der Waals surface area contributed by atoms with E-state index in [2.05, 4.69) is 22.0 Å². The molecule has 19 heavy (non-hydrogen) atoms. The molecule has 1 aromatic carbocycles. The van der Waals surface area contributed by atoms with Crippen LogP contribution in [0.1, 0.15) is 37.2 Å². The van der Waals surface area contributed by atoms with Gasteiger partial charge in [-0.05, 0) is 37.0 Å². The Balaban J connectivity index is 2.14. The molecule has 1 aliphatic carbocycles. The van der Waals surface area contributed by atoms with E-state index in [1.165, 1.54) is 0 Å². The Morgan fingerprint density at radius 3 is 2.79 bits per heavy atom. The Morgan fingerprint density at radius 1 is 1.58 bits per heavy atom. The number of ketones is 1. The van der Waals surface area contributed by atoms with Gasteiger partial charge in [-0.1, -0.05) is 28.1 Å². The van der Waals surface area contributed by atoms with Crippen LogP contribution in [0.5, 0.6) is 0 Å². The van der Waals surface area contributed by atoms with E-state index in [9.17, 15) is 10.1 Å². The molecular weight excluding hydrogens is 306 g/mol. The maximum atomic E-state index is 12.3. The molecule has 0 aromatic heterocycles. The number of halogens is 1. The molecule has 1 atom stereocenters. The summed E-state index contributed by atoms with van der Waals surface area (Å²) in [5, 5.41) is 9.27. The lowest BCUT2D eigenvalue weighted by Gasteiger charge is -2.40. The predicted molar refractivity (Wildman–Crippen MR) is 75.7 cm³/mol. The van der Waals surface area contributed by atoms with Gasteiger partial charge >= 0.3 is 0 Å². The SMILES string of the molecule is COC1(CC(=O)C(C#N)c2cccc(Br)c2)CCC1. The van der Waals surface area contributed by atoms with Crippen LogP contribution in [-0.4, -0.2) is 18.5 Å². The van der Waals surface area contributed by atoms with Crippen molar-refractivity contribution in [2.24, 2.45) is 0 Å². The van der Waals surface area contributed by atoms with Crippen molar-refractivity contribution in [1.29, 1.82) is 5.26 Å². The highest BCUT2D eigenvalue weighted by Gasteiger charge is 2.40. The maximum absolute atomic E-state index is 12.3. The Kier molecular flexibility index (Phi) is 4.38. The topological polar surface area (TPSA) is 50.1 Å². The second-order valence-corrected chi connectivity index (χ2v) is 5.92. The van der Waals surface area contributed by atoms with Crippen molar-refractivity contribution in [3.8, 4) is 6.07 Å². The van der Waals surface area contributed by atoms with Crippen LogP contribution in [0.4, 0.5) is 0 Å². The molecule has 0 heterocycles. The van der Waals surface area contributed by atoms with Crippen LogP contribution in [0.25, 0.3) is 0 Å². The molecule has 3 nitrogen and oxygen atoms in total. The fraction of sp³-hybridized carbons (Fsp3) is 0.467. The molecule has 1 fully saturated rings. The molecule has 0 radical (unpaired) electrons. The smallest absolute Gasteiger partial charge is 0.157 e. The zero-order valence-electron chi connectivity index (χ0n) is 10.9. The lowest BCUT2D eigenvalue weighted by Crippen LogP contribution is -2.42. The van der Waals surface area contributed by atoms with E-state index in [4.69, 9.17) is 4.74 Å². The summed E-state index contributed by atoms with van der Waals surface area (Å²) >= 11 is 3.36. The number of nitriles is 1. The van der Waals surface area contributed by atoms with E-state index >= 15 is 0 Å². The molecule has 1 saturated carbocycles. The highest BCUT2D eigenvalue weighted by Crippen LogP contribution is 2.39. The van der Waals surface area contributed by atoms with Crippen molar-refractivity contribution < 1.29 is 9.53 Å². The number of benzene rings is 1. The van der Waals surface area contributed by atoms with Crippen LogP contribution < -0.4 is 0 Å². The van der Waals surface area contributed by atoms with Crippen LogP contribution in [-0.2, 0) is 9.53 Å². The number of nitrogens with zero attached hydrogens (tertiary/aromatic N) is 1. The summed E-state index contributed by atoms with van der Waals surface area (Å²) in [6, 6.07) is 9.48. The summed E-state index contributed by atoms with van der Waals surface area (Å²) in [5.41, 5.74) is 0.422. The highest BCUT2D eigenvalue weighted by molar-refractivity contribution is 9.10. The number of methoxy groups -OCH3 is 1. The summed E-state index contributed by atoms with van der Waals surface area (Å²) in [5.74, 6) is -0.757. The molecule has 4 heteroatoms. The number of hydrogen-bond donors (Lipinski definition) is 0. The fourth-order valence-electron chi connectivity index (χ4n) is 2.46. The van der Waals surface area contributed by atoms with Gasteiger partial charge in [-0.25, -0.2) is 0 Å². The number of hydrogen-bond acceptors (Lipinski definition) is 3. The lowest BCUT2D eigenvalue weighted by atomic mass is 9.74. The van der Waals surface area contributed by atoms with Crippen LogP contribution in [0, 0.1) is 11.3 Å². The van der Waals surface area contributed by atoms with E-state index < -0.39 is 5.92 Å². The van der Waals surface area contributed by atoms with Crippen molar-refractivity contribution >= 4 is 21.7 Å². The summed E-state index contributed by atoms with van der Waals surface area (Å²) in [6.07, 6.45) is 3.24. The Bertz CT molecular complexity index is 512. The summed E-state index contributed by atoms with van der Waals surface area (Å²) in [6.45, 7) is 0. The molecule has 100 valence electrons. The standard InChI is InChI=1S/C15H16BrNO2/c1-19-15(6-3-7-15)9-14(18)13(10-17)11-4-2-5-12(16)8-11/h2,4-5,8,13H,3,6-7,9H2,1H3. The van der Waals surface area contributed by atoms with Gasteiger partial charge in [0.05, 0.1) is 11.7 Å². The first-order chi connectivity index (χ1) is 9.10. The van der Waals surface area contributed by atoms with Gasteiger partial charge in [0, 0.05) is 18.0 Å². The van der Waals surface area contributed by atoms with E-state index in [1.54, 1.807) is 7.11 Å². The van der Waals surface area contributed by atoms with E-state index in [-0.39, 0.29) is 11.4 Å². The van der Waals surface area contributed by atoms with Gasteiger partial charge in [0.25, 0.3) is 0 Å². The fourth-order valence-corrected chi connectivity index (χ4v) is 2.88. The Labute approximate surface area is 121 Å². The maximum Gasteiger partial charge on any atom is 0.157 e. The van der Waals surface area contributed by atoms with Crippen LogP contribution in [0.2, 0.25) is 0 Å². The number of ether oxygens (including phenoxy) is 1. The average molecular weight is 322 g/mol. The third-order valence-corrected chi connectivity index (χ3v) is 4.32. The van der Waals surface area contributed by atoms with Crippen molar-refractivity contribution in [3.05, 3.63) is 34.3 Å². The minimum Gasteiger partial charge on any atom is -0.378 e. The molecule has 1 unspecified atom stereocenters. The number of carbonyl (C=O) groups is 1. The van der Waals surface area contributed by atoms with Crippen LogP contribution in [0.15, 0.2) is 28.7 Å². The zero-order chi connectivity index (χ0) is 13.9. The second kappa shape index (κ2) is 5.85. The molecule has 0 amide bonds. The predicted octanol–water partition coefficient (Wildman–Crippen LogP) is 3.58. The molecule has 0 spiro atoms. The van der Waals surface area contributed by atoms with Gasteiger partial charge in [0.15, 0.2) is 5.78 Å². The zero-order valence-corrected chi connectivity index (χ0v) is 12.4. The highest BCUT2D eigenvalue weighted by atomic mass is 79.9. The van der Waals surface area contributed by atoms with Gasteiger partial charge in [0.1, 0.15) is 5.92 Å². The summed E-state index contributed by atoms with van der Waals surface area (Å²) in [4.78, 5) is 12.3. The summed E-state index contributed by atoms with van der Waals surface area (Å²) < 4.78 is 6.34. The normalized spacial score (nSPS) is 18.2. The largest absolute Gasteiger partial charge is 0.378 e. The van der Waals surface area contributed by atoms with Gasteiger partial charge in [0.2, 0.25) is 0 Å². The quantitative estimate of drug-likeness (QED) is 0.832. The Hall–Kier alpha value is -1.18. The van der Waals surface area contributed by atoms with Crippen molar-refractivity contribution in [1.82, 2.24) is 0 Å². The number of rotatable bonds is 5. The van der Waals surface area contributed by atoms with E-state index in [0.717, 1.165) is 29.3 Å². The molecule has 0 N–H and O–H groups in total. The third-order valence-electron chi connectivity index (χ3n) is 3.83. The van der Waals surface area contributed by atoms with Gasteiger partial charge in [-0.3, -0.25) is 4.79 Å². The molecule has 1 aliphatic rings. The first kappa shape index (κ1) is 14.2. The first-order valence-electron chi connectivity index (χ1n) is 6.33. The minimum absolute atomic E-state index is 0.0536. The van der Waals surface area contributed by atoms with Gasteiger partial charge in [-0.15, -0.1) is 0 Å². The van der Waals surface area contributed by atoms with Crippen molar-refractivity contribution in [2.75, 3.05) is 7.11 Å². The summed E-state index contributed by atoms with van der Waals surface area (Å²) in [7, 11) is 1.65. The average Bonchev–Trinajstić information content (AvgIpc) is 2.35. The van der Waals surface area contributed by atoms with E-state index in [1.807, 2.05) is 24.3 Å². The molecule has 2 rings (SSSR count). The number of Topliss-reactive ketones (excluding diaryl/α,β-unsaturated/α-hetero) is 1. The molecule has 0 bridgehead atoms. The molecular formula is C15H16BrNO2. The second-order valence-electron chi connectivity index (χ2n) is 5.00. The molecule has 1 aromatic rings. The van der Waals surface area contributed by atoms with Gasteiger partial charge in [-0.2, -0.15) is 5.26 Å². The first-order valence-corrected chi connectivity index (χ1v) is 7.12. The van der Waals surface area contributed by atoms with Crippen LogP contribution in [0.3, 0.4) is 0 Å². The third kappa shape index (κ3) is 3.05. The van der Waals surface area contributed by atoms with Crippen molar-refractivity contribution in [2.45, 2.75) is 37.2 Å². The van der Waals surface area contributed by atoms with E-state index in [0.29, 0.717) is 6.42 Å². The Morgan fingerprint density at radius 2 is 2.32 bits per heavy atom. The van der Waals surface area contributed by atoms with Crippen LogP contribution >= 0.6 is 15.9 Å². The lowest BCUT2D eigenvalue weighted by molar-refractivity contribution is -0.132. The number of carbonyl (C=O) groups excluding carboxylic acids is 1. The minimum atomic E-state index is -0.704.